The van der Waals surface area contributed by atoms with Crippen LogP contribution in [0.2, 0.25) is 0 Å². The van der Waals surface area contributed by atoms with Gasteiger partial charge in [0.1, 0.15) is 6.10 Å². The van der Waals surface area contributed by atoms with Crippen molar-refractivity contribution in [1.82, 2.24) is 10.2 Å². The molecule has 0 bridgehead atoms. The molecule has 3 rings (SSSR count). The van der Waals surface area contributed by atoms with E-state index in [9.17, 15) is 0 Å². The van der Waals surface area contributed by atoms with Crippen LogP contribution < -0.4 is 14.8 Å². The third-order valence-electron chi connectivity index (χ3n) is 4.45. The number of methoxy groups -OCH3 is 1. The average molecular weight is 290 g/mol. The van der Waals surface area contributed by atoms with Gasteiger partial charge in [-0.05, 0) is 50.6 Å². The van der Waals surface area contributed by atoms with Crippen LogP contribution in [0, 0.1) is 0 Å². The summed E-state index contributed by atoms with van der Waals surface area (Å²) in [6.45, 7) is 3.15. The van der Waals surface area contributed by atoms with E-state index in [2.05, 4.69) is 29.4 Å². The Morgan fingerprint density at radius 1 is 1.24 bits per heavy atom. The molecule has 2 fully saturated rings. The number of likely N-dealkylation sites (tertiary alicyclic amines) is 1. The zero-order valence-corrected chi connectivity index (χ0v) is 13.1. The lowest BCUT2D eigenvalue weighted by Crippen LogP contribution is -2.51. The van der Waals surface area contributed by atoms with Gasteiger partial charge in [0.15, 0.2) is 11.5 Å². The van der Waals surface area contributed by atoms with E-state index in [0.29, 0.717) is 12.1 Å². The van der Waals surface area contributed by atoms with E-state index in [4.69, 9.17) is 9.47 Å². The van der Waals surface area contributed by atoms with Crippen molar-refractivity contribution in [3.63, 3.8) is 0 Å². The first-order chi connectivity index (χ1) is 10.2. The third-order valence-corrected chi connectivity index (χ3v) is 4.45. The van der Waals surface area contributed by atoms with Gasteiger partial charge in [0.05, 0.1) is 7.11 Å². The molecule has 0 saturated carbocycles. The highest BCUT2D eigenvalue weighted by atomic mass is 16.5. The first-order valence-corrected chi connectivity index (χ1v) is 8.00. The van der Waals surface area contributed by atoms with Crippen molar-refractivity contribution in [2.24, 2.45) is 0 Å². The summed E-state index contributed by atoms with van der Waals surface area (Å²) in [6, 6.07) is 6.97. The van der Waals surface area contributed by atoms with Crippen molar-refractivity contribution in [2.45, 2.75) is 37.8 Å². The van der Waals surface area contributed by atoms with Crippen LogP contribution in [0.15, 0.2) is 18.2 Å². The molecular formula is C17H26N2O2. The molecule has 0 aromatic heterocycles. The van der Waals surface area contributed by atoms with Crippen molar-refractivity contribution in [1.29, 1.82) is 0 Å². The summed E-state index contributed by atoms with van der Waals surface area (Å²) < 4.78 is 11.5. The van der Waals surface area contributed by atoms with Gasteiger partial charge in [0.25, 0.3) is 0 Å². The fourth-order valence-electron chi connectivity index (χ4n) is 3.22. The molecule has 0 aliphatic carbocycles. The molecule has 2 heterocycles. The molecule has 0 radical (unpaired) electrons. The average Bonchev–Trinajstić information content (AvgIpc) is 2.47. The summed E-state index contributed by atoms with van der Waals surface area (Å²) >= 11 is 0. The summed E-state index contributed by atoms with van der Waals surface area (Å²) in [5.41, 5.74) is 1.33. The normalized spacial score (nSPS) is 23.6. The summed E-state index contributed by atoms with van der Waals surface area (Å²) in [5, 5.41) is 3.61. The maximum absolute atomic E-state index is 6.09. The van der Waals surface area contributed by atoms with E-state index >= 15 is 0 Å². The zero-order chi connectivity index (χ0) is 14.7. The fraction of sp³-hybridized carbons (Fsp3) is 0.647. The van der Waals surface area contributed by atoms with Crippen molar-refractivity contribution in [2.75, 3.05) is 33.8 Å². The van der Waals surface area contributed by atoms with Gasteiger partial charge >= 0.3 is 0 Å². The molecule has 1 atom stereocenters. The van der Waals surface area contributed by atoms with Gasteiger partial charge in [-0.15, -0.1) is 0 Å². The fourth-order valence-corrected chi connectivity index (χ4v) is 3.22. The molecule has 2 aliphatic heterocycles. The van der Waals surface area contributed by atoms with E-state index in [1.165, 1.54) is 24.8 Å². The number of piperidine rings is 1. The van der Waals surface area contributed by atoms with Gasteiger partial charge in [-0.25, -0.2) is 0 Å². The molecule has 4 heteroatoms. The van der Waals surface area contributed by atoms with Gasteiger partial charge in [-0.3, -0.25) is 4.90 Å². The van der Waals surface area contributed by atoms with Gasteiger partial charge in [-0.2, -0.15) is 0 Å². The Labute approximate surface area is 127 Å². The van der Waals surface area contributed by atoms with Crippen LogP contribution in [0.4, 0.5) is 0 Å². The molecule has 1 aromatic carbocycles. The minimum absolute atomic E-state index is 0.298. The molecule has 1 N–H and O–H groups in total. The minimum Gasteiger partial charge on any atom is -0.493 e. The SMILES string of the molecule is COc1ccc(CC2CCCCN2)cc1OC1CN(C)C1. The predicted octanol–water partition coefficient (Wildman–Crippen LogP) is 2.07. The van der Waals surface area contributed by atoms with Crippen LogP contribution in [-0.2, 0) is 6.42 Å². The van der Waals surface area contributed by atoms with E-state index in [0.717, 1.165) is 37.6 Å². The Morgan fingerprint density at radius 2 is 2.10 bits per heavy atom. The molecule has 0 spiro atoms. The number of hydrogen-bond acceptors (Lipinski definition) is 4. The number of hydrogen-bond donors (Lipinski definition) is 1. The maximum atomic E-state index is 6.09. The third kappa shape index (κ3) is 3.69. The van der Waals surface area contributed by atoms with Gasteiger partial charge in [-0.1, -0.05) is 12.5 Å². The summed E-state index contributed by atoms with van der Waals surface area (Å²) in [6.07, 6.45) is 5.29. The topological polar surface area (TPSA) is 33.7 Å². The maximum Gasteiger partial charge on any atom is 0.161 e. The molecule has 4 nitrogen and oxygen atoms in total. The summed E-state index contributed by atoms with van der Waals surface area (Å²) in [7, 11) is 3.82. The quantitative estimate of drug-likeness (QED) is 0.900. The molecule has 0 amide bonds. The van der Waals surface area contributed by atoms with Crippen molar-refractivity contribution < 1.29 is 9.47 Å². The number of nitrogens with zero attached hydrogens (tertiary/aromatic N) is 1. The number of rotatable bonds is 5. The van der Waals surface area contributed by atoms with Crippen molar-refractivity contribution >= 4 is 0 Å². The molecular weight excluding hydrogens is 264 g/mol. The summed E-state index contributed by atoms with van der Waals surface area (Å²) in [4.78, 5) is 2.26. The van der Waals surface area contributed by atoms with Crippen LogP contribution in [-0.4, -0.2) is 50.8 Å². The zero-order valence-electron chi connectivity index (χ0n) is 13.1. The molecule has 2 saturated heterocycles. The van der Waals surface area contributed by atoms with Crippen LogP contribution >= 0.6 is 0 Å². The minimum atomic E-state index is 0.298. The van der Waals surface area contributed by atoms with Crippen molar-refractivity contribution in [3.8, 4) is 11.5 Å². The smallest absolute Gasteiger partial charge is 0.161 e. The summed E-state index contributed by atoms with van der Waals surface area (Å²) in [5.74, 6) is 1.73. The van der Waals surface area contributed by atoms with Crippen LogP contribution in [0.25, 0.3) is 0 Å². The number of nitrogens with one attached hydrogen (secondary N) is 1. The standard InChI is InChI=1S/C17H26N2O2/c1-19-11-15(12-19)21-17-10-13(6-7-16(17)20-2)9-14-5-3-4-8-18-14/h6-7,10,14-15,18H,3-5,8-9,11-12H2,1-2H3. The Balaban J connectivity index is 1.66. The van der Waals surface area contributed by atoms with Crippen molar-refractivity contribution in [3.05, 3.63) is 23.8 Å². The second-order valence-electron chi connectivity index (χ2n) is 6.30. The Kier molecular flexibility index (Phi) is 4.66. The first-order valence-electron chi connectivity index (χ1n) is 8.00. The molecule has 2 aliphatic rings. The lowest BCUT2D eigenvalue weighted by atomic mass is 9.97. The Bertz CT molecular complexity index is 466. The van der Waals surface area contributed by atoms with E-state index in [1.54, 1.807) is 7.11 Å². The van der Waals surface area contributed by atoms with E-state index in [-0.39, 0.29) is 0 Å². The first kappa shape index (κ1) is 14.7. The lowest BCUT2D eigenvalue weighted by molar-refractivity contribution is 0.0369. The monoisotopic (exact) mass is 290 g/mol. The van der Waals surface area contributed by atoms with E-state index < -0.39 is 0 Å². The van der Waals surface area contributed by atoms with Gasteiger partial charge in [0.2, 0.25) is 0 Å². The van der Waals surface area contributed by atoms with Crippen LogP contribution in [0.3, 0.4) is 0 Å². The Morgan fingerprint density at radius 3 is 2.76 bits per heavy atom. The van der Waals surface area contributed by atoms with E-state index in [1.807, 2.05) is 6.07 Å². The van der Waals surface area contributed by atoms with Gasteiger partial charge < -0.3 is 14.8 Å². The van der Waals surface area contributed by atoms with Crippen LogP contribution in [0.1, 0.15) is 24.8 Å². The number of ether oxygens (including phenoxy) is 2. The molecule has 1 aromatic rings. The largest absolute Gasteiger partial charge is 0.493 e. The molecule has 1 unspecified atom stereocenters. The second kappa shape index (κ2) is 6.67. The predicted molar refractivity (Wildman–Crippen MR) is 84.3 cm³/mol. The highest BCUT2D eigenvalue weighted by molar-refractivity contribution is 5.43. The second-order valence-corrected chi connectivity index (χ2v) is 6.30. The highest BCUT2D eigenvalue weighted by Crippen LogP contribution is 2.31. The van der Waals surface area contributed by atoms with Gasteiger partial charge in [0, 0.05) is 19.1 Å². The lowest BCUT2D eigenvalue weighted by Gasteiger charge is -2.36. The number of benzene rings is 1. The number of likely N-dealkylation sites (N-methyl/N-ethyl adjacent to an activating group) is 1. The highest BCUT2D eigenvalue weighted by Gasteiger charge is 2.26. The molecule has 21 heavy (non-hydrogen) atoms. The van der Waals surface area contributed by atoms with Crippen LogP contribution in [0.5, 0.6) is 11.5 Å². The Hall–Kier alpha value is -1.26. The molecule has 116 valence electrons.